The van der Waals surface area contributed by atoms with Crippen LogP contribution in [0.2, 0.25) is 0 Å². The predicted octanol–water partition coefficient (Wildman–Crippen LogP) is 4.49. The fourth-order valence-corrected chi connectivity index (χ4v) is 4.95. The van der Waals surface area contributed by atoms with E-state index in [0.29, 0.717) is 24.9 Å². The number of fused-ring (bicyclic) bond motifs is 3. The Bertz CT molecular complexity index is 1270. The molecule has 0 radical (unpaired) electrons. The first-order valence-corrected chi connectivity index (χ1v) is 11.7. The number of carbonyl (C=O) groups is 1. The third-order valence-corrected chi connectivity index (χ3v) is 6.82. The van der Waals surface area contributed by atoms with Gasteiger partial charge in [-0.15, -0.1) is 11.3 Å². The molecule has 0 bridgehead atoms. The summed E-state index contributed by atoms with van der Waals surface area (Å²) >= 11 is 1.73. The Kier molecular flexibility index (Phi) is 6.23. The summed E-state index contributed by atoms with van der Waals surface area (Å²) in [5, 5.41) is 7.65. The fourth-order valence-electron chi connectivity index (χ4n) is 3.92. The molecule has 7 heteroatoms. The molecule has 0 spiro atoms. The number of thiophene rings is 1. The van der Waals surface area contributed by atoms with E-state index in [1.54, 1.807) is 11.3 Å². The molecule has 1 amide bonds. The number of hydrogen-bond donors (Lipinski definition) is 1. The second-order valence-electron chi connectivity index (χ2n) is 7.78. The Morgan fingerprint density at radius 1 is 1.13 bits per heavy atom. The summed E-state index contributed by atoms with van der Waals surface area (Å²) in [7, 11) is 0. The summed E-state index contributed by atoms with van der Waals surface area (Å²) < 4.78 is 4.64. The number of nitrogens with zero attached hydrogens (tertiary/aromatic N) is 3. The van der Waals surface area contributed by atoms with E-state index in [9.17, 15) is 9.59 Å². The van der Waals surface area contributed by atoms with Crippen LogP contribution in [0.4, 0.5) is 0 Å². The molecule has 0 saturated heterocycles. The van der Waals surface area contributed by atoms with Crippen molar-refractivity contribution in [1.82, 2.24) is 19.5 Å². The lowest BCUT2D eigenvalue weighted by atomic mass is 10.1. The van der Waals surface area contributed by atoms with Gasteiger partial charge in [0.25, 0.3) is 5.56 Å². The van der Waals surface area contributed by atoms with E-state index in [0.717, 1.165) is 34.4 Å². The largest absolute Gasteiger partial charge is 0.350 e. The molecule has 1 aromatic carbocycles. The van der Waals surface area contributed by atoms with Gasteiger partial charge in [-0.25, -0.2) is 4.68 Å². The zero-order chi connectivity index (χ0) is 22.0. The van der Waals surface area contributed by atoms with Crippen molar-refractivity contribution in [3.63, 3.8) is 0 Å². The predicted molar refractivity (Wildman–Crippen MR) is 126 cm³/mol. The van der Waals surface area contributed by atoms with Crippen molar-refractivity contribution in [2.24, 2.45) is 0 Å². The number of hydrogen-bond acceptors (Lipinski definition) is 4. The first-order valence-electron chi connectivity index (χ1n) is 10.9. The highest BCUT2D eigenvalue weighted by Crippen LogP contribution is 2.29. The highest BCUT2D eigenvalue weighted by atomic mass is 32.1. The van der Waals surface area contributed by atoms with Crippen LogP contribution in [0.5, 0.6) is 0 Å². The van der Waals surface area contributed by atoms with E-state index in [-0.39, 0.29) is 17.5 Å². The maximum absolute atomic E-state index is 13.0. The second-order valence-corrected chi connectivity index (χ2v) is 8.95. The minimum absolute atomic E-state index is 0.0171. The van der Waals surface area contributed by atoms with E-state index < -0.39 is 0 Å². The minimum Gasteiger partial charge on any atom is -0.350 e. The van der Waals surface area contributed by atoms with E-state index in [4.69, 9.17) is 0 Å². The van der Waals surface area contributed by atoms with Crippen LogP contribution in [0.1, 0.15) is 55.9 Å². The molecule has 0 saturated carbocycles. The lowest BCUT2D eigenvalue weighted by molar-refractivity contribution is -0.121. The van der Waals surface area contributed by atoms with E-state index in [1.807, 2.05) is 54.6 Å². The summed E-state index contributed by atoms with van der Waals surface area (Å²) in [5.41, 5.74) is 2.71. The third kappa shape index (κ3) is 4.28. The first-order chi connectivity index (χ1) is 15.0. The van der Waals surface area contributed by atoms with Gasteiger partial charge in [-0.1, -0.05) is 44.2 Å². The highest BCUT2D eigenvalue weighted by molar-refractivity contribution is 7.19. The first kappa shape index (κ1) is 21.3. The Labute approximate surface area is 185 Å². The summed E-state index contributed by atoms with van der Waals surface area (Å²) in [6.45, 7) is 6.59. The van der Waals surface area contributed by atoms with Gasteiger partial charge in [0.15, 0.2) is 0 Å². The topological polar surface area (TPSA) is 68.4 Å². The molecule has 0 fully saturated rings. The average Bonchev–Trinajstić information content (AvgIpc) is 3.34. The molecule has 0 aliphatic heterocycles. The van der Waals surface area contributed by atoms with Gasteiger partial charge < -0.3 is 5.32 Å². The van der Waals surface area contributed by atoms with Crippen molar-refractivity contribution >= 4 is 33.0 Å². The Morgan fingerprint density at radius 2 is 1.90 bits per heavy atom. The van der Waals surface area contributed by atoms with Gasteiger partial charge in [-0.3, -0.25) is 14.0 Å². The smallest absolute Gasteiger partial charge is 0.291 e. The van der Waals surface area contributed by atoms with Gasteiger partial charge in [0.1, 0.15) is 11.3 Å². The van der Waals surface area contributed by atoms with Gasteiger partial charge >= 0.3 is 0 Å². The van der Waals surface area contributed by atoms with Gasteiger partial charge in [0.2, 0.25) is 5.91 Å². The average molecular weight is 437 g/mol. The van der Waals surface area contributed by atoms with Gasteiger partial charge in [-0.05, 0) is 37.5 Å². The van der Waals surface area contributed by atoms with E-state index in [1.165, 1.54) is 9.56 Å². The van der Waals surface area contributed by atoms with Crippen LogP contribution in [0, 0.1) is 0 Å². The summed E-state index contributed by atoms with van der Waals surface area (Å²) in [6.07, 6.45) is 2.63. The molecule has 3 heterocycles. The lowest BCUT2D eigenvalue weighted by Gasteiger charge is -2.14. The monoisotopic (exact) mass is 436 g/mol. The quantitative estimate of drug-likeness (QED) is 0.442. The normalized spacial score (nSPS) is 12.5. The summed E-state index contributed by atoms with van der Waals surface area (Å²) in [6, 6.07) is 14.0. The fraction of sp³-hybridized carbons (Fsp3) is 0.375. The summed E-state index contributed by atoms with van der Waals surface area (Å²) in [5.74, 6) is 0.851. The van der Waals surface area contributed by atoms with Crippen molar-refractivity contribution in [1.29, 1.82) is 0 Å². The number of nitrogens with one attached hydrogen (secondary N) is 1. The molecule has 6 nitrogen and oxygen atoms in total. The second kappa shape index (κ2) is 9.06. The Balaban J connectivity index is 1.48. The summed E-state index contributed by atoms with van der Waals surface area (Å²) in [4.78, 5) is 26.7. The Morgan fingerprint density at radius 3 is 2.61 bits per heavy atom. The number of amides is 1. The van der Waals surface area contributed by atoms with Crippen LogP contribution in [-0.4, -0.2) is 20.1 Å². The molecule has 1 unspecified atom stereocenters. The maximum Gasteiger partial charge on any atom is 0.291 e. The number of aryl methyl sites for hydroxylation is 3. The van der Waals surface area contributed by atoms with Crippen molar-refractivity contribution in [3.8, 4) is 0 Å². The number of rotatable bonds is 8. The number of benzene rings is 1. The van der Waals surface area contributed by atoms with Crippen LogP contribution in [0.25, 0.3) is 15.7 Å². The minimum atomic E-state index is -0.100. The molecule has 4 rings (SSSR count). The zero-order valence-corrected chi connectivity index (χ0v) is 19.0. The molecule has 4 aromatic rings. The van der Waals surface area contributed by atoms with Crippen molar-refractivity contribution < 1.29 is 4.79 Å². The number of aromatic nitrogens is 3. The number of carbonyl (C=O) groups excluding carboxylic acids is 1. The molecule has 0 aliphatic rings. The van der Waals surface area contributed by atoms with Crippen molar-refractivity contribution in [2.75, 3.05) is 0 Å². The zero-order valence-electron chi connectivity index (χ0n) is 18.2. The van der Waals surface area contributed by atoms with Crippen LogP contribution in [0.3, 0.4) is 0 Å². The van der Waals surface area contributed by atoms with E-state index in [2.05, 4.69) is 23.4 Å². The SMILES string of the molecule is CCc1cc2c(cc3c(=O)n(CCCC(=O)NC(C)c4ccccc4)nc(CC)n32)s1. The molecular formula is C24H28N4O2S. The van der Waals surface area contributed by atoms with Gasteiger partial charge in [0, 0.05) is 24.3 Å². The van der Waals surface area contributed by atoms with Crippen LogP contribution in [-0.2, 0) is 24.2 Å². The molecule has 162 valence electrons. The van der Waals surface area contributed by atoms with Crippen molar-refractivity contribution in [3.05, 3.63) is 69.1 Å². The van der Waals surface area contributed by atoms with Crippen LogP contribution in [0.15, 0.2) is 47.3 Å². The standard InChI is InChI=1S/C24H28N4O2S/c1-4-18-14-19-21(31-18)15-20-24(30)27(26-22(5-2)28(19)20)13-9-12-23(29)25-16(3)17-10-7-6-8-11-17/h6-8,10-11,14-16H,4-5,9,12-13H2,1-3H3,(H,25,29). The highest BCUT2D eigenvalue weighted by Gasteiger charge is 2.16. The molecule has 1 N–H and O–H groups in total. The molecule has 1 atom stereocenters. The van der Waals surface area contributed by atoms with Gasteiger partial charge in [0.05, 0.1) is 16.3 Å². The Hall–Kier alpha value is -2.93. The van der Waals surface area contributed by atoms with Gasteiger partial charge in [-0.2, -0.15) is 5.10 Å². The third-order valence-electron chi connectivity index (χ3n) is 5.60. The molecular weight excluding hydrogens is 408 g/mol. The van der Waals surface area contributed by atoms with E-state index >= 15 is 0 Å². The molecule has 31 heavy (non-hydrogen) atoms. The maximum atomic E-state index is 13.0. The molecule has 0 aliphatic carbocycles. The van der Waals surface area contributed by atoms with Crippen molar-refractivity contribution in [2.45, 2.75) is 59.0 Å². The van der Waals surface area contributed by atoms with Crippen LogP contribution < -0.4 is 10.9 Å². The lowest BCUT2D eigenvalue weighted by Crippen LogP contribution is -2.29. The molecule has 3 aromatic heterocycles. The van der Waals surface area contributed by atoms with Crippen LogP contribution >= 0.6 is 11.3 Å².